The maximum atomic E-state index is 12.8. The molecule has 6 nitrogen and oxygen atoms in total. The van der Waals surface area contributed by atoms with Crippen LogP contribution in [0.2, 0.25) is 5.02 Å². The maximum absolute atomic E-state index is 12.8. The average molecular weight is 374 g/mol. The second-order valence-corrected chi connectivity index (χ2v) is 5.83. The Morgan fingerprint density at radius 2 is 1.73 bits per heavy atom. The lowest BCUT2D eigenvalue weighted by molar-refractivity contribution is -0.121. The van der Waals surface area contributed by atoms with Crippen LogP contribution < -0.4 is 10.9 Å². The molecule has 3 aromatic rings. The lowest BCUT2D eigenvalue weighted by Gasteiger charge is -2.05. The Kier molecular flexibility index (Phi) is 5.28. The van der Waals surface area contributed by atoms with Crippen LogP contribution in [0.25, 0.3) is 11.3 Å². The number of nitrogens with zero attached hydrogens (tertiary/aromatic N) is 1. The summed E-state index contributed by atoms with van der Waals surface area (Å²) in [4.78, 5) is 23.8. The van der Waals surface area contributed by atoms with E-state index in [9.17, 15) is 14.0 Å². The standard InChI is InChI=1S/C18H13ClFN3O3/c19-13-5-3-12(4-6-13)16-10-15(23-26-16)18(25)22-21-17(24)9-11-1-7-14(20)8-2-11/h1-8,10H,9H2,(H,21,24)(H,22,25). The van der Waals surface area contributed by atoms with E-state index in [0.717, 1.165) is 0 Å². The minimum absolute atomic E-state index is 0.00456. The van der Waals surface area contributed by atoms with E-state index in [2.05, 4.69) is 16.0 Å². The third-order valence-corrected chi connectivity index (χ3v) is 3.72. The number of halogens is 2. The molecular formula is C18H13ClFN3O3. The normalized spacial score (nSPS) is 10.4. The minimum atomic E-state index is -0.624. The zero-order valence-electron chi connectivity index (χ0n) is 13.3. The van der Waals surface area contributed by atoms with Crippen molar-refractivity contribution >= 4 is 23.4 Å². The van der Waals surface area contributed by atoms with Gasteiger partial charge in [-0.3, -0.25) is 20.4 Å². The van der Waals surface area contributed by atoms with E-state index >= 15 is 0 Å². The number of amides is 2. The lowest BCUT2D eigenvalue weighted by atomic mass is 10.1. The molecular weight excluding hydrogens is 361 g/mol. The van der Waals surface area contributed by atoms with Crippen LogP contribution >= 0.6 is 11.6 Å². The van der Waals surface area contributed by atoms with E-state index < -0.39 is 11.8 Å². The molecule has 0 aliphatic carbocycles. The van der Waals surface area contributed by atoms with Crippen LogP contribution in [0.15, 0.2) is 59.1 Å². The Balaban J connectivity index is 1.55. The minimum Gasteiger partial charge on any atom is -0.355 e. The highest BCUT2D eigenvalue weighted by Gasteiger charge is 2.14. The first-order chi connectivity index (χ1) is 12.5. The predicted molar refractivity (Wildman–Crippen MR) is 92.7 cm³/mol. The van der Waals surface area contributed by atoms with Gasteiger partial charge in [-0.1, -0.05) is 28.9 Å². The van der Waals surface area contributed by atoms with Gasteiger partial charge in [0.05, 0.1) is 6.42 Å². The molecule has 132 valence electrons. The number of hydrazine groups is 1. The highest BCUT2D eigenvalue weighted by molar-refractivity contribution is 6.30. The van der Waals surface area contributed by atoms with E-state index in [1.54, 1.807) is 24.3 Å². The number of carbonyl (C=O) groups is 2. The molecule has 3 rings (SSSR count). The molecule has 0 saturated heterocycles. The van der Waals surface area contributed by atoms with Gasteiger partial charge < -0.3 is 4.52 Å². The Bertz CT molecular complexity index is 924. The van der Waals surface area contributed by atoms with Crippen LogP contribution in [0.5, 0.6) is 0 Å². The molecule has 0 aliphatic rings. The molecule has 0 atom stereocenters. The van der Waals surface area contributed by atoms with Crippen LogP contribution in [0, 0.1) is 5.82 Å². The summed E-state index contributed by atoms with van der Waals surface area (Å²) in [5.41, 5.74) is 5.85. The molecule has 0 unspecified atom stereocenters. The fourth-order valence-corrected chi connectivity index (χ4v) is 2.28. The van der Waals surface area contributed by atoms with Gasteiger partial charge in [-0.2, -0.15) is 0 Å². The third kappa shape index (κ3) is 4.46. The first kappa shape index (κ1) is 17.6. The van der Waals surface area contributed by atoms with Crippen LogP contribution in [0.1, 0.15) is 16.1 Å². The quantitative estimate of drug-likeness (QED) is 0.688. The molecule has 1 heterocycles. The van der Waals surface area contributed by atoms with Gasteiger partial charge in [-0.25, -0.2) is 4.39 Å². The van der Waals surface area contributed by atoms with Crippen molar-refractivity contribution in [3.05, 3.63) is 76.7 Å². The zero-order chi connectivity index (χ0) is 18.5. The summed E-state index contributed by atoms with van der Waals surface area (Å²) in [5, 5.41) is 4.25. The molecule has 2 aromatic carbocycles. The van der Waals surface area contributed by atoms with Crippen LogP contribution in [-0.2, 0) is 11.2 Å². The molecule has 0 saturated carbocycles. The van der Waals surface area contributed by atoms with Gasteiger partial charge in [-0.05, 0) is 42.0 Å². The van der Waals surface area contributed by atoms with Gasteiger partial charge in [0.15, 0.2) is 11.5 Å². The van der Waals surface area contributed by atoms with Crippen molar-refractivity contribution < 1.29 is 18.5 Å². The van der Waals surface area contributed by atoms with Gasteiger partial charge >= 0.3 is 0 Å². The fourth-order valence-electron chi connectivity index (χ4n) is 2.15. The smallest absolute Gasteiger partial charge is 0.291 e. The van der Waals surface area contributed by atoms with E-state index in [1.165, 1.54) is 30.3 Å². The number of hydrogen-bond acceptors (Lipinski definition) is 4. The topological polar surface area (TPSA) is 84.2 Å². The van der Waals surface area contributed by atoms with Crippen molar-refractivity contribution in [1.82, 2.24) is 16.0 Å². The van der Waals surface area contributed by atoms with Crippen LogP contribution in [-0.4, -0.2) is 17.0 Å². The van der Waals surface area contributed by atoms with Crippen molar-refractivity contribution in [3.8, 4) is 11.3 Å². The number of nitrogens with one attached hydrogen (secondary N) is 2. The summed E-state index contributed by atoms with van der Waals surface area (Å²) in [6.45, 7) is 0. The summed E-state index contributed by atoms with van der Waals surface area (Å²) in [7, 11) is 0. The molecule has 2 N–H and O–H groups in total. The van der Waals surface area contributed by atoms with Crippen molar-refractivity contribution in [3.63, 3.8) is 0 Å². The summed E-state index contributed by atoms with van der Waals surface area (Å²) < 4.78 is 18.0. The molecule has 8 heteroatoms. The molecule has 0 fully saturated rings. The highest BCUT2D eigenvalue weighted by atomic mass is 35.5. The van der Waals surface area contributed by atoms with Gasteiger partial charge in [0.1, 0.15) is 5.82 Å². The fraction of sp³-hybridized carbons (Fsp3) is 0.0556. The van der Waals surface area contributed by atoms with Gasteiger partial charge in [-0.15, -0.1) is 0 Å². The molecule has 0 bridgehead atoms. The largest absolute Gasteiger partial charge is 0.355 e. The molecule has 1 aromatic heterocycles. The number of hydrogen-bond donors (Lipinski definition) is 2. The highest BCUT2D eigenvalue weighted by Crippen LogP contribution is 2.22. The number of carbonyl (C=O) groups excluding carboxylic acids is 2. The van der Waals surface area contributed by atoms with E-state index in [0.29, 0.717) is 21.9 Å². The lowest BCUT2D eigenvalue weighted by Crippen LogP contribution is -2.42. The first-order valence-corrected chi connectivity index (χ1v) is 7.95. The average Bonchev–Trinajstić information content (AvgIpc) is 3.12. The Hall–Kier alpha value is -3.19. The molecule has 0 radical (unpaired) electrons. The molecule has 0 aliphatic heterocycles. The monoisotopic (exact) mass is 373 g/mol. The number of aromatic nitrogens is 1. The zero-order valence-corrected chi connectivity index (χ0v) is 14.1. The van der Waals surface area contributed by atoms with Gasteiger partial charge in [0, 0.05) is 16.7 Å². The van der Waals surface area contributed by atoms with Crippen molar-refractivity contribution in [2.24, 2.45) is 0 Å². The van der Waals surface area contributed by atoms with Gasteiger partial charge in [0.25, 0.3) is 5.91 Å². The number of benzene rings is 2. The summed E-state index contributed by atoms with van der Waals surface area (Å²) in [5.74, 6) is -1.07. The van der Waals surface area contributed by atoms with Gasteiger partial charge in [0.2, 0.25) is 5.91 Å². The SMILES string of the molecule is O=C(Cc1ccc(F)cc1)NNC(=O)c1cc(-c2ccc(Cl)cc2)on1. The summed E-state index contributed by atoms with van der Waals surface area (Å²) in [6.07, 6.45) is -0.00456. The van der Waals surface area contributed by atoms with Crippen molar-refractivity contribution in [2.45, 2.75) is 6.42 Å². The molecule has 26 heavy (non-hydrogen) atoms. The van der Waals surface area contributed by atoms with Crippen molar-refractivity contribution in [1.29, 1.82) is 0 Å². The van der Waals surface area contributed by atoms with Crippen LogP contribution in [0.4, 0.5) is 4.39 Å². The third-order valence-electron chi connectivity index (χ3n) is 3.46. The summed E-state index contributed by atoms with van der Waals surface area (Å²) >= 11 is 5.82. The van der Waals surface area contributed by atoms with Crippen LogP contribution in [0.3, 0.4) is 0 Å². The second kappa shape index (κ2) is 7.79. The van der Waals surface area contributed by atoms with E-state index in [1.807, 2.05) is 0 Å². The maximum Gasteiger partial charge on any atom is 0.291 e. The summed E-state index contributed by atoms with van der Waals surface area (Å²) in [6, 6.07) is 13.8. The Labute approximate surface area is 152 Å². The van der Waals surface area contributed by atoms with E-state index in [-0.39, 0.29) is 17.9 Å². The van der Waals surface area contributed by atoms with Crippen molar-refractivity contribution in [2.75, 3.05) is 0 Å². The Morgan fingerprint density at radius 3 is 2.42 bits per heavy atom. The Morgan fingerprint density at radius 1 is 1.04 bits per heavy atom. The molecule has 0 spiro atoms. The second-order valence-electron chi connectivity index (χ2n) is 5.39. The predicted octanol–water partition coefficient (Wildman–Crippen LogP) is 3.14. The first-order valence-electron chi connectivity index (χ1n) is 7.57. The molecule has 2 amide bonds. The number of rotatable bonds is 4. The van der Waals surface area contributed by atoms with E-state index in [4.69, 9.17) is 16.1 Å².